The summed E-state index contributed by atoms with van der Waals surface area (Å²) in [4.78, 5) is 25.4. The van der Waals surface area contributed by atoms with Crippen molar-refractivity contribution in [3.8, 4) is 0 Å². The van der Waals surface area contributed by atoms with Crippen LogP contribution in [0.4, 0.5) is 5.69 Å². The van der Waals surface area contributed by atoms with Crippen molar-refractivity contribution in [2.75, 3.05) is 19.0 Å². The quantitative estimate of drug-likeness (QED) is 0.264. The molecule has 0 aliphatic heterocycles. The average molecular weight is 287 g/mol. The monoisotopic (exact) mass is 287 g/mol. The molecule has 0 aliphatic rings. The van der Waals surface area contributed by atoms with Gasteiger partial charge in [0.15, 0.2) is 0 Å². The molecule has 0 bridgehead atoms. The van der Waals surface area contributed by atoms with Crippen LogP contribution < -0.4 is 4.90 Å². The lowest BCUT2D eigenvalue weighted by molar-refractivity contribution is -0.141. The molecule has 0 heterocycles. The van der Waals surface area contributed by atoms with E-state index in [2.05, 4.69) is 22.6 Å². The number of hydrogen-bond acceptors (Lipinski definition) is 5. The maximum atomic E-state index is 11.7. The zero-order valence-corrected chi connectivity index (χ0v) is 12.0. The number of nitrogens with zero attached hydrogens (tertiary/aromatic N) is 1. The van der Waals surface area contributed by atoms with Crippen molar-refractivity contribution in [1.82, 2.24) is 0 Å². The topological polar surface area (TPSA) is 55.8 Å². The Labute approximate surface area is 123 Å². The van der Waals surface area contributed by atoms with Crippen LogP contribution in [0.25, 0.3) is 6.08 Å². The van der Waals surface area contributed by atoms with Crippen molar-refractivity contribution in [2.45, 2.75) is 0 Å². The number of ether oxygens (including phenoxy) is 2. The molecule has 0 radical (unpaired) electrons. The maximum Gasteiger partial charge on any atom is 0.350 e. The van der Waals surface area contributed by atoms with Gasteiger partial charge in [-0.25, -0.2) is 9.59 Å². The smallest absolute Gasteiger partial charge is 0.350 e. The Kier molecular flexibility index (Phi) is 5.95. The first-order chi connectivity index (χ1) is 9.99. The molecule has 1 aromatic rings. The van der Waals surface area contributed by atoms with Crippen molar-refractivity contribution in [1.29, 1.82) is 0 Å². The molecule has 0 unspecified atom stereocenters. The fraction of sp³-hybridized carbons (Fsp3) is 0.125. The van der Waals surface area contributed by atoms with E-state index >= 15 is 0 Å². The molecule has 21 heavy (non-hydrogen) atoms. The molecule has 0 aromatic heterocycles. The molecule has 0 spiro atoms. The molecule has 0 fully saturated rings. The molecule has 110 valence electrons. The Balaban J connectivity index is 3.11. The fourth-order valence-corrected chi connectivity index (χ4v) is 1.51. The Hall–Kier alpha value is -2.82. The normalized spacial score (nSPS) is 9.24. The van der Waals surface area contributed by atoms with Gasteiger partial charge in [-0.2, -0.15) is 0 Å². The van der Waals surface area contributed by atoms with E-state index in [9.17, 15) is 9.59 Å². The number of benzene rings is 1. The van der Waals surface area contributed by atoms with Gasteiger partial charge in [-0.15, -0.1) is 0 Å². The Morgan fingerprint density at radius 2 is 1.48 bits per heavy atom. The van der Waals surface area contributed by atoms with Crippen LogP contribution in [0.3, 0.4) is 0 Å². The van der Waals surface area contributed by atoms with Crippen LogP contribution in [0.2, 0.25) is 0 Å². The van der Waals surface area contributed by atoms with E-state index in [1.165, 1.54) is 6.08 Å². The summed E-state index contributed by atoms with van der Waals surface area (Å²) in [6, 6.07) is 7.28. The highest BCUT2D eigenvalue weighted by Crippen LogP contribution is 2.16. The second-order valence-electron chi connectivity index (χ2n) is 4.19. The summed E-state index contributed by atoms with van der Waals surface area (Å²) in [5.41, 5.74) is 1.42. The first-order valence-corrected chi connectivity index (χ1v) is 6.12. The van der Waals surface area contributed by atoms with Crippen LogP contribution in [0, 0.1) is 0 Å². The number of anilines is 1. The van der Waals surface area contributed by atoms with Crippen molar-refractivity contribution in [3.63, 3.8) is 0 Å². The largest absolute Gasteiger partial charge is 0.431 e. The third-order valence-corrected chi connectivity index (χ3v) is 2.54. The zero-order valence-electron chi connectivity index (χ0n) is 12.0. The predicted molar refractivity (Wildman–Crippen MR) is 81.3 cm³/mol. The second-order valence-corrected chi connectivity index (χ2v) is 4.19. The summed E-state index contributed by atoms with van der Waals surface area (Å²) in [5, 5.41) is 0. The second kappa shape index (κ2) is 7.69. The Bertz CT molecular complexity index is 546. The van der Waals surface area contributed by atoms with Gasteiger partial charge in [-0.3, -0.25) is 0 Å². The minimum absolute atomic E-state index is 0.243. The maximum absolute atomic E-state index is 11.7. The average Bonchev–Trinajstić information content (AvgIpc) is 2.45. The zero-order chi connectivity index (χ0) is 15.8. The minimum Gasteiger partial charge on any atom is -0.431 e. The van der Waals surface area contributed by atoms with Crippen LogP contribution in [0.5, 0.6) is 0 Å². The van der Waals surface area contributed by atoms with E-state index in [1.54, 1.807) is 12.1 Å². The van der Waals surface area contributed by atoms with Crippen molar-refractivity contribution in [2.24, 2.45) is 0 Å². The van der Waals surface area contributed by atoms with Gasteiger partial charge in [0.2, 0.25) is 0 Å². The van der Waals surface area contributed by atoms with Crippen molar-refractivity contribution < 1.29 is 19.1 Å². The number of hydrogen-bond donors (Lipinski definition) is 0. The van der Waals surface area contributed by atoms with Gasteiger partial charge in [0, 0.05) is 19.8 Å². The van der Waals surface area contributed by atoms with E-state index in [-0.39, 0.29) is 5.57 Å². The van der Waals surface area contributed by atoms with Gasteiger partial charge < -0.3 is 14.4 Å². The van der Waals surface area contributed by atoms with E-state index in [1.807, 2.05) is 31.1 Å². The third-order valence-electron chi connectivity index (χ3n) is 2.54. The first kappa shape index (κ1) is 16.2. The molecule has 0 N–H and O–H groups in total. The molecule has 0 amide bonds. The van der Waals surface area contributed by atoms with E-state index in [0.29, 0.717) is 5.56 Å². The van der Waals surface area contributed by atoms with E-state index in [0.717, 1.165) is 18.2 Å². The standard InChI is InChI=1S/C16H17NO4/c1-5-20-15(18)14(16(19)21-6-2)11-12-7-9-13(10-8-12)17(3)4/h5-11H,1-2H2,3-4H3. The lowest BCUT2D eigenvalue weighted by Crippen LogP contribution is -2.15. The highest BCUT2D eigenvalue weighted by Gasteiger charge is 2.20. The number of carbonyl (C=O) groups is 2. The van der Waals surface area contributed by atoms with Crippen LogP contribution >= 0.6 is 0 Å². The summed E-state index contributed by atoms with van der Waals surface area (Å²) in [5.74, 6) is -1.68. The highest BCUT2D eigenvalue weighted by molar-refractivity contribution is 6.18. The lowest BCUT2D eigenvalue weighted by Gasteiger charge is -2.12. The van der Waals surface area contributed by atoms with Gasteiger partial charge in [0.25, 0.3) is 0 Å². The summed E-state index contributed by atoms with van der Waals surface area (Å²) in [6.07, 6.45) is 3.29. The number of rotatable bonds is 6. The minimum atomic E-state index is -0.839. The first-order valence-electron chi connectivity index (χ1n) is 6.12. The molecule has 1 rings (SSSR count). The van der Waals surface area contributed by atoms with Gasteiger partial charge in [0.05, 0.1) is 12.5 Å². The lowest BCUT2D eigenvalue weighted by atomic mass is 10.1. The molecule has 0 atom stereocenters. The molecule has 0 aliphatic carbocycles. The van der Waals surface area contributed by atoms with Gasteiger partial charge in [-0.05, 0) is 23.8 Å². The third kappa shape index (κ3) is 4.65. The molecule has 5 heteroatoms. The number of esters is 2. The predicted octanol–water partition coefficient (Wildman–Crippen LogP) is 2.51. The summed E-state index contributed by atoms with van der Waals surface area (Å²) in [6.45, 7) is 6.56. The van der Waals surface area contributed by atoms with Crippen LogP contribution in [0.15, 0.2) is 55.5 Å². The van der Waals surface area contributed by atoms with E-state index in [4.69, 9.17) is 0 Å². The Morgan fingerprint density at radius 3 is 1.86 bits per heavy atom. The number of carbonyl (C=O) groups excluding carboxylic acids is 2. The SMILES string of the molecule is C=COC(=O)C(=Cc1ccc(N(C)C)cc1)C(=O)OC=C. The van der Waals surface area contributed by atoms with Crippen molar-refractivity contribution in [3.05, 3.63) is 61.1 Å². The summed E-state index contributed by atoms with van der Waals surface area (Å²) in [7, 11) is 3.83. The molecular formula is C16H17NO4. The fourth-order valence-electron chi connectivity index (χ4n) is 1.51. The summed E-state index contributed by atoms with van der Waals surface area (Å²) >= 11 is 0. The van der Waals surface area contributed by atoms with Gasteiger partial charge in [0.1, 0.15) is 5.57 Å². The highest BCUT2D eigenvalue weighted by atomic mass is 16.5. The summed E-state index contributed by atoms with van der Waals surface area (Å²) < 4.78 is 9.24. The van der Waals surface area contributed by atoms with Crippen LogP contribution in [0.1, 0.15) is 5.56 Å². The van der Waals surface area contributed by atoms with E-state index < -0.39 is 11.9 Å². The molecule has 0 saturated carbocycles. The Morgan fingerprint density at radius 1 is 1.00 bits per heavy atom. The molecule has 0 saturated heterocycles. The van der Waals surface area contributed by atoms with Gasteiger partial charge >= 0.3 is 11.9 Å². The van der Waals surface area contributed by atoms with Crippen LogP contribution in [-0.4, -0.2) is 26.0 Å². The molecular weight excluding hydrogens is 270 g/mol. The van der Waals surface area contributed by atoms with Crippen LogP contribution in [-0.2, 0) is 19.1 Å². The molecule has 1 aromatic carbocycles. The van der Waals surface area contributed by atoms with Crippen molar-refractivity contribution >= 4 is 23.7 Å². The molecule has 5 nitrogen and oxygen atoms in total. The van der Waals surface area contributed by atoms with Gasteiger partial charge in [-0.1, -0.05) is 25.3 Å².